The quantitative estimate of drug-likeness (QED) is 0.779. The second-order valence-corrected chi connectivity index (χ2v) is 6.76. The summed E-state index contributed by atoms with van der Waals surface area (Å²) in [6, 6.07) is 12.2. The number of nitrogens with zero attached hydrogens (tertiary/aromatic N) is 1. The Balaban J connectivity index is 2.09. The van der Waals surface area contributed by atoms with Crippen LogP contribution in [0.3, 0.4) is 0 Å². The molecule has 7 heteroatoms. The predicted octanol–water partition coefficient (Wildman–Crippen LogP) is 3.64. The first-order valence-corrected chi connectivity index (χ1v) is 8.51. The number of carboxylic acids is 1. The van der Waals surface area contributed by atoms with Gasteiger partial charge >= 0.3 is 5.97 Å². The Bertz CT molecular complexity index is 798. The van der Waals surface area contributed by atoms with Gasteiger partial charge in [-0.25, -0.2) is 4.79 Å². The summed E-state index contributed by atoms with van der Waals surface area (Å²) in [5.74, 6) is -1.12. The molecule has 0 aliphatic carbocycles. The van der Waals surface area contributed by atoms with Crippen molar-refractivity contribution in [2.75, 3.05) is 5.01 Å². The number of carboxylic acid groups (broad SMARTS) is 1. The third-order valence-electron chi connectivity index (χ3n) is 4.36. The molecule has 0 bridgehead atoms. The number of benzene rings is 2. The molecule has 1 heterocycles. The van der Waals surface area contributed by atoms with E-state index in [1.54, 1.807) is 12.1 Å². The molecule has 2 aromatic rings. The highest BCUT2D eigenvalue weighted by Gasteiger charge is 2.38. The molecule has 1 amide bonds. The van der Waals surface area contributed by atoms with Gasteiger partial charge in [0, 0.05) is 10.0 Å². The first-order chi connectivity index (χ1) is 12.0. The third kappa shape index (κ3) is 3.57. The molecule has 0 aromatic heterocycles. The van der Waals surface area contributed by atoms with E-state index in [0.717, 1.165) is 11.1 Å². The number of hydrazine groups is 1. The molecule has 2 N–H and O–H groups in total. The van der Waals surface area contributed by atoms with Crippen LogP contribution in [0.4, 0.5) is 5.69 Å². The first-order valence-electron chi connectivity index (χ1n) is 7.76. The zero-order valence-electron chi connectivity index (χ0n) is 13.2. The minimum absolute atomic E-state index is 0.104. The number of hydrogen-bond donors (Lipinski definition) is 2. The minimum Gasteiger partial charge on any atom is -0.480 e. The number of rotatable bonds is 5. The van der Waals surface area contributed by atoms with Crippen molar-refractivity contribution in [2.24, 2.45) is 0 Å². The average molecular weight is 379 g/mol. The summed E-state index contributed by atoms with van der Waals surface area (Å²) in [6.07, 6.45) is 1.42. The number of amides is 1. The Morgan fingerprint density at radius 1 is 1.28 bits per heavy atom. The average Bonchev–Trinajstić information content (AvgIpc) is 2.57. The molecule has 1 aliphatic heterocycles. The molecule has 2 aromatic carbocycles. The highest BCUT2D eigenvalue weighted by Crippen LogP contribution is 2.44. The van der Waals surface area contributed by atoms with Gasteiger partial charge in [0.05, 0.1) is 5.69 Å². The van der Waals surface area contributed by atoms with Crippen LogP contribution in [0, 0.1) is 0 Å². The van der Waals surface area contributed by atoms with Gasteiger partial charge in [0.25, 0.3) is 0 Å². The number of hydrogen-bond acceptors (Lipinski definition) is 3. The summed E-state index contributed by atoms with van der Waals surface area (Å²) in [6.45, 7) is 0. The van der Waals surface area contributed by atoms with Gasteiger partial charge in [0.15, 0.2) is 0 Å². The van der Waals surface area contributed by atoms with E-state index >= 15 is 0 Å². The highest BCUT2D eigenvalue weighted by atomic mass is 35.5. The van der Waals surface area contributed by atoms with Crippen molar-refractivity contribution in [1.82, 2.24) is 5.43 Å². The normalized spacial score (nSPS) is 19.2. The van der Waals surface area contributed by atoms with Crippen LogP contribution in [-0.2, 0) is 16.0 Å². The Morgan fingerprint density at radius 3 is 2.64 bits per heavy atom. The van der Waals surface area contributed by atoms with Crippen molar-refractivity contribution in [3.8, 4) is 0 Å². The van der Waals surface area contributed by atoms with E-state index in [2.05, 4.69) is 5.43 Å². The van der Waals surface area contributed by atoms with Gasteiger partial charge in [0.2, 0.25) is 6.41 Å². The molecule has 0 saturated carbocycles. The van der Waals surface area contributed by atoms with E-state index in [1.165, 1.54) is 5.01 Å². The summed E-state index contributed by atoms with van der Waals surface area (Å²) in [4.78, 5) is 22.7. The Labute approximate surface area is 155 Å². The number of carbonyl (C=O) groups excluding carboxylic acids is 1. The molecule has 0 radical (unpaired) electrons. The summed E-state index contributed by atoms with van der Waals surface area (Å²) in [5, 5.41) is 11.8. The minimum atomic E-state index is -1.02. The van der Waals surface area contributed by atoms with Crippen LogP contribution in [0.25, 0.3) is 0 Å². The van der Waals surface area contributed by atoms with Gasteiger partial charge in [-0.15, -0.1) is 0 Å². The molecule has 0 unspecified atom stereocenters. The Hall–Kier alpha value is -2.24. The standard InChI is InChI=1S/C18H16Cl2N2O3/c19-13-8-14(20)17-12(6-11-4-2-1-3-5-11)7-16(18(24)25)22(21-10-23)15(17)9-13/h1-5,8-10,12,16H,6-7H2,(H,21,23)(H,24,25)/t12-,16+/m1/s1. The summed E-state index contributed by atoms with van der Waals surface area (Å²) >= 11 is 12.5. The summed E-state index contributed by atoms with van der Waals surface area (Å²) in [7, 11) is 0. The Morgan fingerprint density at radius 2 is 2.00 bits per heavy atom. The van der Waals surface area contributed by atoms with Crippen molar-refractivity contribution in [3.05, 3.63) is 63.6 Å². The molecule has 3 rings (SSSR count). The van der Waals surface area contributed by atoms with Gasteiger partial charge in [-0.2, -0.15) is 0 Å². The van der Waals surface area contributed by atoms with Crippen molar-refractivity contribution in [2.45, 2.75) is 24.8 Å². The lowest BCUT2D eigenvalue weighted by atomic mass is 9.82. The first kappa shape index (κ1) is 17.6. The molecule has 0 fully saturated rings. The highest BCUT2D eigenvalue weighted by molar-refractivity contribution is 6.35. The van der Waals surface area contributed by atoms with Gasteiger partial charge < -0.3 is 5.11 Å². The van der Waals surface area contributed by atoms with Crippen LogP contribution in [-0.4, -0.2) is 23.5 Å². The van der Waals surface area contributed by atoms with Crippen molar-refractivity contribution in [3.63, 3.8) is 0 Å². The van der Waals surface area contributed by atoms with E-state index in [0.29, 0.717) is 35.0 Å². The smallest absolute Gasteiger partial charge is 0.328 e. The summed E-state index contributed by atoms with van der Waals surface area (Å²) in [5.41, 5.74) is 4.87. The topological polar surface area (TPSA) is 69.6 Å². The predicted molar refractivity (Wildman–Crippen MR) is 97.1 cm³/mol. The number of carbonyl (C=O) groups is 2. The largest absolute Gasteiger partial charge is 0.480 e. The Kier molecular flexibility index (Phi) is 5.16. The number of fused-ring (bicyclic) bond motifs is 1. The molecule has 1 aliphatic rings. The van der Waals surface area contributed by atoms with E-state index in [4.69, 9.17) is 23.2 Å². The fourth-order valence-electron chi connectivity index (χ4n) is 3.35. The van der Waals surface area contributed by atoms with Crippen LogP contribution in [0.5, 0.6) is 0 Å². The van der Waals surface area contributed by atoms with Gasteiger partial charge in [-0.3, -0.25) is 15.2 Å². The molecule has 0 spiro atoms. The van der Waals surface area contributed by atoms with Crippen molar-refractivity contribution in [1.29, 1.82) is 0 Å². The molecule has 0 saturated heterocycles. The van der Waals surface area contributed by atoms with Crippen LogP contribution in [0.1, 0.15) is 23.5 Å². The lowest BCUT2D eigenvalue weighted by Crippen LogP contribution is -2.53. The van der Waals surface area contributed by atoms with Crippen molar-refractivity contribution >= 4 is 41.3 Å². The molecule has 130 valence electrons. The lowest BCUT2D eigenvalue weighted by molar-refractivity contribution is -0.139. The molecule has 25 heavy (non-hydrogen) atoms. The second kappa shape index (κ2) is 7.33. The van der Waals surface area contributed by atoms with E-state index in [9.17, 15) is 14.7 Å². The maximum Gasteiger partial charge on any atom is 0.328 e. The van der Waals surface area contributed by atoms with Crippen LogP contribution < -0.4 is 10.4 Å². The molecular formula is C18H16Cl2N2O3. The summed E-state index contributed by atoms with van der Waals surface area (Å²) < 4.78 is 0. The number of anilines is 1. The monoisotopic (exact) mass is 378 g/mol. The SMILES string of the molecule is O=CNN1c2cc(Cl)cc(Cl)c2[C@H](Cc2ccccc2)C[C@H]1C(=O)O. The maximum absolute atomic E-state index is 11.8. The van der Waals surface area contributed by atoms with E-state index in [-0.39, 0.29) is 5.92 Å². The molecular weight excluding hydrogens is 363 g/mol. The lowest BCUT2D eigenvalue weighted by Gasteiger charge is -2.39. The third-order valence-corrected chi connectivity index (χ3v) is 4.89. The number of aliphatic carboxylic acids is 1. The van der Waals surface area contributed by atoms with Gasteiger partial charge in [0.1, 0.15) is 6.04 Å². The van der Waals surface area contributed by atoms with Crippen LogP contribution in [0.2, 0.25) is 10.0 Å². The second-order valence-electron chi connectivity index (χ2n) is 5.91. The van der Waals surface area contributed by atoms with E-state index < -0.39 is 12.0 Å². The zero-order chi connectivity index (χ0) is 18.0. The number of halogens is 2. The van der Waals surface area contributed by atoms with Crippen LogP contribution in [0.15, 0.2) is 42.5 Å². The van der Waals surface area contributed by atoms with Crippen molar-refractivity contribution < 1.29 is 14.7 Å². The molecule has 2 atom stereocenters. The molecule has 5 nitrogen and oxygen atoms in total. The van der Waals surface area contributed by atoms with Gasteiger partial charge in [-0.1, -0.05) is 53.5 Å². The fourth-order valence-corrected chi connectivity index (χ4v) is 3.98. The van der Waals surface area contributed by atoms with Crippen LogP contribution >= 0.6 is 23.2 Å². The van der Waals surface area contributed by atoms with Gasteiger partial charge in [-0.05, 0) is 42.0 Å². The zero-order valence-corrected chi connectivity index (χ0v) is 14.7. The fraction of sp³-hybridized carbons (Fsp3) is 0.222. The van der Waals surface area contributed by atoms with E-state index in [1.807, 2.05) is 30.3 Å². The maximum atomic E-state index is 11.8. The number of nitrogens with one attached hydrogen (secondary N) is 1.